The number of rotatable bonds is 5. The van der Waals surface area contributed by atoms with E-state index in [9.17, 15) is 14.7 Å². The van der Waals surface area contributed by atoms with Crippen molar-refractivity contribution in [1.29, 1.82) is 5.26 Å². The lowest BCUT2D eigenvalue weighted by molar-refractivity contribution is 0.469. The second kappa shape index (κ2) is 8.35. The van der Waals surface area contributed by atoms with E-state index in [1.54, 1.807) is 24.3 Å². The molecular weight excluding hydrogens is 415 g/mol. The Bertz CT molecular complexity index is 1250. The van der Waals surface area contributed by atoms with Crippen LogP contribution < -0.4 is 11.2 Å². The van der Waals surface area contributed by atoms with Crippen LogP contribution in [0.2, 0.25) is 10.0 Å². The van der Waals surface area contributed by atoms with Gasteiger partial charge in [0.1, 0.15) is 11.8 Å². The average Bonchev–Trinajstić information content (AvgIpc) is 2.67. The molecular formula is C20H14Cl2N4O3. The largest absolute Gasteiger partial charge is 0.508 e. The third-order valence-corrected chi connectivity index (χ3v) is 4.87. The smallest absolute Gasteiger partial charge is 0.349 e. The van der Waals surface area contributed by atoms with Crippen molar-refractivity contribution in [3.63, 3.8) is 0 Å². The van der Waals surface area contributed by atoms with Crippen LogP contribution >= 0.6 is 23.2 Å². The molecule has 0 aliphatic carbocycles. The summed E-state index contributed by atoms with van der Waals surface area (Å²) in [6.07, 6.45) is 2.60. The normalized spacial score (nSPS) is 10.5. The van der Waals surface area contributed by atoms with Gasteiger partial charge in [-0.2, -0.15) is 9.94 Å². The number of benzene rings is 2. The first-order valence-electron chi connectivity index (χ1n) is 8.37. The molecule has 9 heteroatoms. The molecule has 0 atom stereocenters. The lowest BCUT2D eigenvalue weighted by Crippen LogP contribution is -2.33. The second-order valence-corrected chi connectivity index (χ2v) is 6.97. The van der Waals surface area contributed by atoms with Gasteiger partial charge in [-0.1, -0.05) is 41.4 Å². The molecule has 29 heavy (non-hydrogen) atoms. The Morgan fingerprint density at radius 3 is 2.55 bits per heavy atom. The van der Waals surface area contributed by atoms with Crippen molar-refractivity contribution in [2.75, 3.05) is 0 Å². The number of hydrogen-bond donors (Lipinski definition) is 2. The van der Waals surface area contributed by atoms with Gasteiger partial charge >= 0.3 is 5.69 Å². The summed E-state index contributed by atoms with van der Waals surface area (Å²) in [6, 6.07) is 9.76. The maximum atomic E-state index is 12.1. The quantitative estimate of drug-likeness (QED) is 0.606. The predicted octanol–water partition coefficient (Wildman–Crippen LogP) is 3.12. The zero-order chi connectivity index (χ0) is 21.1. The maximum absolute atomic E-state index is 12.1. The minimum absolute atomic E-state index is 0.179. The molecule has 1 aromatic heterocycles. The van der Waals surface area contributed by atoms with E-state index in [4.69, 9.17) is 28.5 Å². The number of phenols is 1. The van der Waals surface area contributed by atoms with E-state index in [-0.39, 0.29) is 21.5 Å². The number of nitrogens with zero attached hydrogens (tertiary/aromatic N) is 3. The van der Waals surface area contributed by atoms with E-state index in [0.717, 1.165) is 15.8 Å². The summed E-state index contributed by atoms with van der Waals surface area (Å²) in [5.74, 6) is 0.179. The maximum Gasteiger partial charge on any atom is 0.349 e. The molecule has 1 heterocycles. The van der Waals surface area contributed by atoms with Gasteiger partial charge in [0.05, 0.1) is 5.69 Å². The van der Waals surface area contributed by atoms with E-state index in [0.29, 0.717) is 18.4 Å². The number of nitriles is 1. The van der Waals surface area contributed by atoms with Crippen molar-refractivity contribution in [3.05, 3.63) is 96.3 Å². The van der Waals surface area contributed by atoms with Gasteiger partial charge < -0.3 is 5.11 Å². The van der Waals surface area contributed by atoms with Crippen LogP contribution in [0.3, 0.4) is 0 Å². The zero-order valence-electron chi connectivity index (χ0n) is 14.9. The number of aromatic hydroxyl groups is 1. The molecule has 0 radical (unpaired) electrons. The summed E-state index contributed by atoms with van der Waals surface area (Å²) >= 11 is 12.8. The SMILES string of the molecule is C=CCc1cc(Cc2c(Cl)cc(-n3nc(C#N)c(=O)[nH]c3=O)cc2Cl)ccc1O. The number of hydrogen-bond acceptors (Lipinski definition) is 5. The van der Waals surface area contributed by atoms with Crippen LogP contribution in [-0.2, 0) is 12.8 Å². The van der Waals surface area contributed by atoms with Crippen molar-refractivity contribution >= 4 is 23.2 Å². The predicted molar refractivity (Wildman–Crippen MR) is 110 cm³/mol. The van der Waals surface area contributed by atoms with Gasteiger partial charge in [0, 0.05) is 16.5 Å². The topological polar surface area (TPSA) is 112 Å². The van der Waals surface area contributed by atoms with Crippen LogP contribution in [0, 0.1) is 11.3 Å². The monoisotopic (exact) mass is 428 g/mol. The lowest BCUT2D eigenvalue weighted by Gasteiger charge is -2.12. The molecule has 2 N–H and O–H groups in total. The molecule has 0 fully saturated rings. The standard InChI is InChI=1S/C20H14Cl2N4O3/c1-2-3-12-6-11(4-5-18(12)27)7-14-15(21)8-13(9-16(14)22)26-20(29)24-19(28)17(10-23)25-26/h2,4-6,8-9,27H,1,3,7H2,(H,24,28,29). The number of aromatic nitrogens is 3. The Hall–Kier alpha value is -3.34. The summed E-state index contributed by atoms with van der Waals surface area (Å²) < 4.78 is 0.851. The van der Waals surface area contributed by atoms with Crippen LogP contribution in [0.4, 0.5) is 0 Å². The van der Waals surface area contributed by atoms with Crippen LogP contribution in [0.15, 0.2) is 52.6 Å². The second-order valence-electron chi connectivity index (χ2n) is 6.15. The number of phenolic OH excluding ortho intramolecular Hbond substituents is 1. The first kappa shape index (κ1) is 20.4. The fraction of sp³-hybridized carbons (Fsp3) is 0.100. The van der Waals surface area contributed by atoms with E-state index >= 15 is 0 Å². The molecule has 3 aromatic rings. The van der Waals surface area contributed by atoms with Gasteiger partial charge in [-0.25, -0.2) is 4.79 Å². The van der Waals surface area contributed by atoms with Gasteiger partial charge in [0.2, 0.25) is 5.69 Å². The van der Waals surface area contributed by atoms with Crippen molar-refractivity contribution in [2.45, 2.75) is 12.8 Å². The minimum atomic E-state index is -0.870. The van der Waals surface area contributed by atoms with Crippen LogP contribution in [0.1, 0.15) is 22.4 Å². The van der Waals surface area contributed by atoms with Crippen molar-refractivity contribution in [1.82, 2.24) is 14.8 Å². The van der Waals surface area contributed by atoms with Crippen molar-refractivity contribution in [3.8, 4) is 17.5 Å². The van der Waals surface area contributed by atoms with E-state index in [2.05, 4.69) is 11.7 Å². The fourth-order valence-electron chi connectivity index (χ4n) is 2.80. The molecule has 0 aliphatic rings. The molecule has 0 saturated heterocycles. The molecule has 7 nitrogen and oxygen atoms in total. The van der Waals surface area contributed by atoms with Crippen molar-refractivity contribution in [2.24, 2.45) is 0 Å². The molecule has 0 bridgehead atoms. The highest BCUT2D eigenvalue weighted by Crippen LogP contribution is 2.31. The first-order valence-corrected chi connectivity index (χ1v) is 9.13. The number of allylic oxidation sites excluding steroid dienone is 1. The van der Waals surface area contributed by atoms with Crippen molar-refractivity contribution < 1.29 is 5.11 Å². The molecule has 0 aliphatic heterocycles. The summed E-state index contributed by atoms with van der Waals surface area (Å²) in [5, 5.41) is 23.2. The Morgan fingerprint density at radius 1 is 1.24 bits per heavy atom. The average molecular weight is 429 g/mol. The fourth-order valence-corrected chi connectivity index (χ4v) is 3.41. The van der Waals surface area contributed by atoms with E-state index in [1.807, 2.05) is 11.1 Å². The third-order valence-electron chi connectivity index (χ3n) is 4.19. The highest BCUT2D eigenvalue weighted by molar-refractivity contribution is 6.36. The van der Waals surface area contributed by atoms with Gasteiger partial charge in [-0.15, -0.1) is 11.7 Å². The summed E-state index contributed by atoms with van der Waals surface area (Å²) in [7, 11) is 0. The minimum Gasteiger partial charge on any atom is -0.508 e. The molecule has 2 aromatic carbocycles. The first-order chi connectivity index (χ1) is 13.8. The van der Waals surface area contributed by atoms with E-state index < -0.39 is 16.9 Å². The molecule has 0 spiro atoms. The van der Waals surface area contributed by atoms with Crippen LogP contribution in [0.25, 0.3) is 5.69 Å². The lowest BCUT2D eigenvalue weighted by atomic mass is 10.0. The Kier molecular flexibility index (Phi) is 5.87. The third kappa shape index (κ3) is 4.24. The molecule has 0 saturated carbocycles. The zero-order valence-corrected chi connectivity index (χ0v) is 16.5. The Labute approximate surface area is 175 Å². The van der Waals surface area contributed by atoms with Gasteiger partial charge in [0.15, 0.2) is 0 Å². The van der Waals surface area contributed by atoms with Gasteiger partial charge in [-0.3, -0.25) is 9.78 Å². The summed E-state index contributed by atoms with van der Waals surface area (Å²) in [4.78, 5) is 25.6. The summed E-state index contributed by atoms with van der Waals surface area (Å²) in [5.41, 5.74) is 0.285. The van der Waals surface area contributed by atoms with Crippen LogP contribution in [0.5, 0.6) is 5.75 Å². The van der Waals surface area contributed by atoms with Gasteiger partial charge in [0.25, 0.3) is 5.56 Å². The Balaban J connectivity index is 2.03. The van der Waals surface area contributed by atoms with Crippen LogP contribution in [-0.4, -0.2) is 19.9 Å². The Morgan fingerprint density at radius 2 is 1.93 bits per heavy atom. The number of nitrogens with one attached hydrogen (secondary N) is 1. The molecule has 0 unspecified atom stereocenters. The number of H-pyrrole nitrogens is 1. The molecule has 146 valence electrons. The molecule has 0 amide bonds. The molecule has 3 rings (SSSR count). The van der Waals surface area contributed by atoms with E-state index in [1.165, 1.54) is 12.1 Å². The van der Waals surface area contributed by atoms with Gasteiger partial charge in [-0.05, 0) is 41.3 Å². The number of halogens is 2. The summed E-state index contributed by atoms with van der Waals surface area (Å²) in [6.45, 7) is 3.67. The number of aromatic amines is 1. The highest BCUT2D eigenvalue weighted by atomic mass is 35.5. The highest BCUT2D eigenvalue weighted by Gasteiger charge is 2.14.